The minimum absolute atomic E-state index is 0.230. The molecule has 0 spiro atoms. The van der Waals surface area contributed by atoms with Crippen molar-refractivity contribution in [2.24, 2.45) is 0 Å². The zero-order valence-electron chi connectivity index (χ0n) is 10.8. The second kappa shape index (κ2) is 4.42. The maximum atomic E-state index is 12.0. The zero-order valence-corrected chi connectivity index (χ0v) is 11.6. The first-order valence-corrected chi connectivity index (χ1v) is 7.18. The van der Waals surface area contributed by atoms with Gasteiger partial charge in [0.15, 0.2) is 11.4 Å². The highest BCUT2D eigenvalue weighted by Crippen LogP contribution is 2.23. The Kier molecular flexibility index (Phi) is 2.55. The van der Waals surface area contributed by atoms with Gasteiger partial charge in [0.2, 0.25) is 0 Å². The van der Waals surface area contributed by atoms with Crippen LogP contribution in [0.4, 0.5) is 5.82 Å². The highest BCUT2D eigenvalue weighted by Gasteiger charge is 2.12. The van der Waals surface area contributed by atoms with Gasteiger partial charge in [-0.1, -0.05) is 12.1 Å². The summed E-state index contributed by atoms with van der Waals surface area (Å²) >= 11 is 1.49. The average Bonchev–Trinajstić information content (AvgIpc) is 3.05. The van der Waals surface area contributed by atoms with E-state index in [1.54, 1.807) is 6.07 Å². The number of anilines is 1. The SMILES string of the molecule is Nc1nc(Cn2c(=O)oc3ccccc32)nc2sccc12. The molecule has 21 heavy (non-hydrogen) atoms. The Labute approximate surface area is 122 Å². The van der Waals surface area contributed by atoms with Gasteiger partial charge in [0.05, 0.1) is 17.4 Å². The fraction of sp³-hybridized carbons (Fsp3) is 0.0714. The molecule has 4 aromatic rings. The largest absolute Gasteiger partial charge is 0.420 e. The maximum Gasteiger partial charge on any atom is 0.420 e. The minimum atomic E-state index is -0.426. The van der Waals surface area contributed by atoms with Crippen LogP contribution in [0.1, 0.15) is 5.82 Å². The molecule has 0 saturated heterocycles. The molecular weight excluding hydrogens is 288 g/mol. The number of hydrogen-bond acceptors (Lipinski definition) is 6. The Morgan fingerprint density at radius 3 is 3.00 bits per heavy atom. The van der Waals surface area contributed by atoms with Crippen LogP contribution in [-0.4, -0.2) is 14.5 Å². The Hall–Kier alpha value is -2.67. The Bertz CT molecular complexity index is 1010. The van der Waals surface area contributed by atoms with E-state index < -0.39 is 5.76 Å². The number of benzene rings is 1. The highest BCUT2D eigenvalue weighted by atomic mass is 32.1. The minimum Gasteiger partial charge on any atom is -0.408 e. The third kappa shape index (κ3) is 1.90. The van der Waals surface area contributed by atoms with Gasteiger partial charge in [-0.2, -0.15) is 0 Å². The number of rotatable bonds is 2. The van der Waals surface area contributed by atoms with Crippen LogP contribution < -0.4 is 11.5 Å². The van der Waals surface area contributed by atoms with Crippen LogP contribution >= 0.6 is 11.3 Å². The van der Waals surface area contributed by atoms with Gasteiger partial charge in [-0.3, -0.25) is 4.57 Å². The fourth-order valence-corrected chi connectivity index (χ4v) is 3.09. The number of fused-ring (bicyclic) bond motifs is 2. The molecule has 0 radical (unpaired) electrons. The molecule has 7 heteroatoms. The normalized spacial score (nSPS) is 11.4. The van der Waals surface area contributed by atoms with Crippen molar-refractivity contribution >= 4 is 38.5 Å². The summed E-state index contributed by atoms with van der Waals surface area (Å²) in [6.07, 6.45) is 0. The molecule has 0 saturated carbocycles. The summed E-state index contributed by atoms with van der Waals surface area (Å²) in [6.45, 7) is 0.230. The molecule has 2 N–H and O–H groups in total. The third-order valence-corrected chi connectivity index (χ3v) is 4.08. The molecule has 0 bridgehead atoms. The second-order valence-corrected chi connectivity index (χ2v) is 5.48. The van der Waals surface area contributed by atoms with Crippen molar-refractivity contribution in [1.29, 1.82) is 0 Å². The van der Waals surface area contributed by atoms with Crippen molar-refractivity contribution in [2.45, 2.75) is 6.54 Å². The first-order chi connectivity index (χ1) is 10.2. The predicted octanol–water partition coefficient (Wildman–Crippen LogP) is 2.23. The monoisotopic (exact) mass is 298 g/mol. The van der Waals surface area contributed by atoms with Gasteiger partial charge < -0.3 is 10.2 Å². The van der Waals surface area contributed by atoms with E-state index >= 15 is 0 Å². The molecule has 6 nitrogen and oxygen atoms in total. The molecule has 0 fully saturated rings. The van der Waals surface area contributed by atoms with Gasteiger partial charge in [0, 0.05) is 0 Å². The first kappa shape index (κ1) is 12.1. The predicted molar refractivity (Wildman–Crippen MR) is 81.4 cm³/mol. The Morgan fingerprint density at radius 2 is 2.10 bits per heavy atom. The smallest absolute Gasteiger partial charge is 0.408 e. The summed E-state index contributed by atoms with van der Waals surface area (Å²) < 4.78 is 6.70. The van der Waals surface area contributed by atoms with Crippen molar-refractivity contribution in [3.63, 3.8) is 0 Å². The molecule has 0 amide bonds. The maximum absolute atomic E-state index is 12.0. The number of nitrogens with two attached hydrogens (primary N) is 1. The molecule has 0 atom stereocenters. The fourth-order valence-electron chi connectivity index (χ4n) is 2.30. The van der Waals surface area contributed by atoms with E-state index in [9.17, 15) is 4.79 Å². The summed E-state index contributed by atoms with van der Waals surface area (Å²) in [4.78, 5) is 21.5. The summed E-state index contributed by atoms with van der Waals surface area (Å²) in [6, 6.07) is 9.14. The number of thiophene rings is 1. The number of hydrogen-bond donors (Lipinski definition) is 1. The van der Waals surface area contributed by atoms with Crippen molar-refractivity contribution in [3.8, 4) is 0 Å². The molecule has 3 aromatic heterocycles. The second-order valence-electron chi connectivity index (χ2n) is 4.59. The standard InChI is InChI=1S/C14H10N4O2S/c15-12-8-5-6-21-13(8)17-11(16-12)7-18-9-3-1-2-4-10(9)20-14(18)19/h1-6H,7H2,(H2,15,16,17). The van der Waals surface area contributed by atoms with Gasteiger partial charge in [0.25, 0.3) is 0 Å². The van der Waals surface area contributed by atoms with E-state index in [4.69, 9.17) is 10.2 Å². The van der Waals surface area contributed by atoms with Crippen LogP contribution in [0.5, 0.6) is 0 Å². The third-order valence-electron chi connectivity index (χ3n) is 3.27. The van der Waals surface area contributed by atoms with Gasteiger partial charge in [-0.05, 0) is 23.6 Å². The van der Waals surface area contributed by atoms with E-state index in [0.29, 0.717) is 17.2 Å². The lowest BCUT2D eigenvalue weighted by molar-refractivity contribution is 0.514. The van der Waals surface area contributed by atoms with Gasteiger partial charge in [-0.15, -0.1) is 11.3 Å². The number of para-hydroxylation sites is 2. The summed E-state index contributed by atoms with van der Waals surface area (Å²) in [5.74, 6) is 0.498. The van der Waals surface area contributed by atoms with Crippen molar-refractivity contribution in [3.05, 3.63) is 52.1 Å². The topological polar surface area (TPSA) is 86.9 Å². The van der Waals surface area contributed by atoms with Gasteiger partial charge in [-0.25, -0.2) is 14.8 Å². The molecule has 104 valence electrons. The lowest BCUT2D eigenvalue weighted by Gasteiger charge is -2.03. The van der Waals surface area contributed by atoms with E-state index in [0.717, 1.165) is 15.7 Å². The number of oxazole rings is 1. The zero-order chi connectivity index (χ0) is 14.4. The van der Waals surface area contributed by atoms with Crippen LogP contribution in [0.2, 0.25) is 0 Å². The molecule has 0 aliphatic rings. The number of aromatic nitrogens is 3. The molecule has 0 aliphatic heterocycles. The van der Waals surface area contributed by atoms with Crippen molar-refractivity contribution < 1.29 is 4.42 Å². The summed E-state index contributed by atoms with van der Waals surface area (Å²) in [7, 11) is 0. The molecule has 0 unspecified atom stereocenters. The Balaban J connectivity index is 1.86. The van der Waals surface area contributed by atoms with Crippen LogP contribution in [0.25, 0.3) is 21.3 Å². The van der Waals surface area contributed by atoms with Crippen LogP contribution in [-0.2, 0) is 6.54 Å². The summed E-state index contributed by atoms with van der Waals surface area (Å²) in [5.41, 5.74) is 7.19. The first-order valence-electron chi connectivity index (χ1n) is 6.30. The Morgan fingerprint density at radius 1 is 1.24 bits per heavy atom. The molecular formula is C14H10N4O2S. The van der Waals surface area contributed by atoms with Gasteiger partial charge in [0.1, 0.15) is 10.6 Å². The van der Waals surface area contributed by atoms with E-state index in [1.165, 1.54) is 15.9 Å². The molecule has 0 aliphatic carbocycles. The average molecular weight is 298 g/mol. The van der Waals surface area contributed by atoms with Crippen LogP contribution in [0, 0.1) is 0 Å². The number of nitrogens with zero attached hydrogens (tertiary/aromatic N) is 3. The van der Waals surface area contributed by atoms with Crippen molar-refractivity contribution in [1.82, 2.24) is 14.5 Å². The summed E-state index contributed by atoms with van der Waals surface area (Å²) in [5, 5.41) is 2.76. The highest BCUT2D eigenvalue weighted by molar-refractivity contribution is 7.16. The number of nitrogen functional groups attached to an aromatic ring is 1. The van der Waals surface area contributed by atoms with Crippen molar-refractivity contribution in [2.75, 3.05) is 5.73 Å². The van der Waals surface area contributed by atoms with Crippen LogP contribution in [0.3, 0.4) is 0 Å². The van der Waals surface area contributed by atoms with E-state index in [1.807, 2.05) is 29.6 Å². The molecule has 3 heterocycles. The molecule has 1 aromatic carbocycles. The van der Waals surface area contributed by atoms with Gasteiger partial charge >= 0.3 is 5.76 Å². The van der Waals surface area contributed by atoms with Crippen LogP contribution in [0.15, 0.2) is 44.9 Å². The van der Waals surface area contributed by atoms with E-state index in [-0.39, 0.29) is 6.54 Å². The lowest BCUT2D eigenvalue weighted by Crippen LogP contribution is -2.16. The lowest BCUT2D eigenvalue weighted by atomic mass is 10.3. The quantitative estimate of drug-likeness (QED) is 0.613. The molecule has 4 rings (SSSR count). The van der Waals surface area contributed by atoms with E-state index in [2.05, 4.69) is 9.97 Å².